The fourth-order valence-corrected chi connectivity index (χ4v) is 4.26. The fourth-order valence-electron chi connectivity index (χ4n) is 2.22. The average Bonchev–Trinajstić information content (AvgIpc) is 3.26. The van der Waals surface area contributed by atoms with E-state index in [1.54, 1.807) is 23.5 Å². The van der Waals surface area contributed by atoms with Crippen molar-refractivity contribution in [1.29, 1.82) is 0 Å². The highest BCUT2D eigenvalue weighted by molar-refractivity contribution is 9.10. The van der Waals surface area contributed by atoms with Gasteiger partial charge in [0.05, 0.1) is 17.0 Å². The van der Waals surface area contributed by atoms with Crippen LogP contribution in [0.25, 0.3) is 9.88 Å². The van der Waals surface area contributed by atoms with E-state index in [1.807, 2.05) is 22.9 Å². The molecule has 0 aliphatic rings. The zero-order chi connectivity index (χ0) is 18.5. The Bertz CT molecular complexity index is 885. The first kappa shape index (κ1) is 18.9. The second-order valence-electron chi connectivity index (χ2n) is 5.21. The van der Waals surface area contributed by atoms with E-state index in [4.69, 9.17) is 0 Å². The van der Waals surface area contributed by atoms with Crippen LogP contribution in [-0.4, -0.2) is 17.5 Å². The van der Waals surface area contributed by atoms with E-state index in [2.05, 4.69) is 31.0 Å². The lowest BCUT2D eigenvalue weighted by molar-refractivity contribution is -0.120. The second-order valence-corrected chi connectivity index (χ2v) is 7.93. The molecule has 0 radical (unpaired) electrons. The number of nitrogens with zero attached hydrogens (tertiary/aromatic N) is 1. The topological polar surface area (TPSA) is 51.2 Å². The normalized spacial score (nSPS) is 10.9. The molecule has 26 heavy (non-hydrogen) atoms. The molecule has 0 aliphatic carbocycles. The van der Waals surface area contributed by atoms with Crippen molar-refractivity contribution in [2.24, 2.45) is 0 Å². The van der Waals surface area contributed by atoms with Crippen LogP contribution in [0.3, 0.4) is 0 Å². The van der Waals surface area contributed by atoms with Gasteiger partial charge in [-0.2, -0.15) is 8.78 Å². The number of aromatic nitrogens is 1. The molecular formula is C17H13BrF2N2O2S2. The molecule has 3 aromatic rings. The first-order chi connectivity index (χ1) is 12.5. The Labute approximate surface area is 165 Å². The second kappa shape index (κ2) is 8.70. The molecule has 1 N–H and O–H groups in total. The van der Waals surface area contributed by atoms with Gasteiger partial charge in [0.15, 0.2) is 0 Å². The number of hydrogen-bond donors (Lipinski definition) is 1. The minimum atomic E-state index is -2.92. The number of amides is 1. The number of ether oxygens (including phenoxy) is 1. The van der Waals surface area contributed by atoms with Gasteiger partial charge < -0.3 is 10.1 Å². The first-order valence-electron chi connectivity index (χ1n) is 7.49. The Hall–Kier alpha value is -1.84. The number of thiazole rings is 1. The van der Waals surface area contributed by atoms with Crippen molar-refractivity contribution >= 4 is 44.5 Å². The Kier molecular flexibility index (Phi) is 6.33. The number of hydrogen-bond acceptors (Lipinski definition) is 5. The lowest BCUT2D eigenvalue weighted by Crippen LogP contribution is -2.25. The standard InChI is InChI=1S/C17H13BrF2N2O2S2/c18-11-3-4-13(24-17(19)20)10(6-11)8-21-15(23)7-12-9-26-16(22-12)14-2-1-5-25-14/h1-6,9,17H,7-8H2,(H,21,23). The molecule has 4 nitrogen and oxygen atoms in total. The van der Waals surface area contributed by atoms with Crippen LogP contribution in [-0.2, 0) is 17.8 Å². The van der Waals surface area contributed by atoms with Crippen LogP contribution < -0.4 is 10.1 Å². The summed E-state index contributed by atoms with van der Waals surface area (Å²) in [6.45, 7) is -2.83. The number of halogens is 3. The van der Waals surface area contributed by atoms with Gasteiger partial charge in [-0.3, -0.25) is 4.79 Å². The summed E-state index contributed by atoms with van der Waals surface area (Å²) in [5, 5.41) is 7.41. The van der Waals surface area contributed by atoms with Crippen LogP contribution in [0, 0.1) is 0 Å². The molecule has 0 fully saturated rings. The Morgan fingerprint density at radius 2 is 2.15 bits per heavy atom. The number of carbonyl (C=O) groups excluding carboxylic acids is 1. The predicted molar refractivity (Wildman–Crippen MR) is 102 cm³/mol. The Morgan fingerprint density at radius 1 is 1.31 bits per heavy atom. The van der Waals surface area contributed by atoms with Crippen LogP contribution in [0.2, 0.25) is 0 Å². The summed E-state index contributed by atoms with van der Waals surface area (Å²) in [5.74, 6) is -0.201. The molecule has 1 amide bonds. The maximum absolute atomic E-state index is 12.5. The summed E-state index contributed by atoms with van der Waals surface area (Å²) in [6.07, 6.45) is 0.126. The van der Waals surface area contributed by atoms with E-state index in [0.717, 1.165) is 9.88 Å². The van der Waals surface area contributed by atoms with Crippen molar-refractivity contribution in [2.45, 2.75) is 19.6 Å². The van der Waals surface area contributed by atoms with Gasteiger partial charge in [-0.15, -0.1) is 22.7 Å². The monoisotopic (exact) mass is 458 g/mol. The molecular weight excluding hydrogens is 446 g/mol. The third kappa shape index (κ3) is 5.09. The van der Waals surface area contributed by atoms with Crippen LogP contribution >= 0.6 is 38.6 Å². The molecule has 9 heteroatoms. The highest BCUT2D eigenvalue weighted by atomic mass is 79.9. The zero-order valence-corrected chi connectivity index (χ0v) is 16.5. The zero-order valence-electron chi connectivity index (χ0n) is 13.2. The lowest BCUT2D eigenvalue weighted by atomic mass is 10.2. The SMILES string of the molecule is O=C(Cc1csc(-c2cccs2)n1)NCc1cc(Br)ccc1OC(F)F. The van der Waals surface area contributed by atoms with Crippen molar-refractivity contribution < 1.29 is 18.3 Å². The number of carbonyl (C=O) groups is 1. The molecule has 2 heterocycles. The van der Waals surface area contributed by atoms with Gasteiger partial charge in [0, 0.05) is 22.0 Å². The number of nitrogens with one attached hydrogen (secondary N) is 1. The van der Waals surface area contributed by atoms with Gasteiger partial charge in [-0.1, -0.05) is 22.0 Å². The van der Waals surface area contributed by atoms with Gasteiger partial charge in [0.25, 0.3) is 0 Å². The summed E-state index contributed by atoms with van der Waals surface area (Å²) < 4.78 is 30.1. The molecule has 0 saturated carbocycles. The molecule has 3 rings (SSSR count). The quantitative estimate of drug-likeness (QED) is 0.535. The van der Waals surface area contributed by atoms with E-state index < -0.39 is 6.61 Å². The number of benzene rings is 1. The summed E-state index contributed by atoms with van der Waals surface area (Å²) in [4.78, 5) is 17.7. The van der Waals surface area contributed by atoms with Crippen LogP contribution in [0.15, 0.2) is 45.6 Å². The molecule has 0 aliphatic heterocycles. The van der Waals surface area contributed by atoms with E-state index in [9.17, 15) is 13.6 Å². The van der Waals surface area contributed by atoms with E-state index >= 15 is 0 Å². The van der Waals surface area contributed by atoms with Gasteiger partial charge in [0.1, 0.15) is 10.8 Å². The summed E-state index contributed by atoms with van der Waals surface area (Å²) in [6, 6.07) is 8.60. The van der Waals surface area contributed by atoms with Gasteiger partial charge >= 0.3 is 6.61 Å². The van der Waals surface area contributed by atoms with Crippen LogP contribution in [0.4, 0.5) is 8.78 Å². The van der Waals surface area contributed by atoms with Gasteiger partial charge in [-0.05, 0) is 29.6 Å². The molecule has 0 saturated heterocycles. The van der Waals surface area contributed by atoms with Crippen molar-refractivity contribution in [3.8, 4) is 15.6 Å². The van der Waals surface area contributed by atoms with Crippen LogP contribution in [0.1, 0.15) is 11.3 Å². The Morgan fingerprint density at radius 3 is 2.88 bits per heavy atom. The summed E-state index contributed by atoms with van der Waals surface area (Å²) in [7, 11) is 0. The first-order valence-corrected chi connectivity index (χ1v) is 10.0. The van der Waals surface area contributed by atoms with E-state index in [1.165, 1.54) is 17.4 Å². The van der Waals surface area contributed by atoms with Crippen LogP contribution in [0.5, 0.6) is 5.75 Å². The van der Waals surface area contributed by atoms with Crippen molar-refractivity contribution in [2.75, 3.05) is 0 Å². The third-order valence-corrected chi connectivity index (χ3v) is 5.76. The third-order valence-electron chi connectivity index (χ3n) is 3.34. The lowest BCUT2D eigenvalue weighted by Gasteiger charge is -2.12. The molecule has 1 aromatic carbocycles. The molecule has 136 valence electrons. The number of rotatable bonds is 7. The molecule has 0 unspecified atom stereocenters. The molecule has 0 atom stereocenters. The number of thiophene rings is 1. The average molecular weight is 459 g/mol. The molecule has 0 spiro atoms. The number of alkyl halides is 2. The van der Waals surface area contributed by atoms with E-state index in [-0.39, 0.29) is 24.6 Å². The maximum Gasteiger partial charge on any atom is 0.387 e. The fraction of sp³-hybridized carbons (Fsp3) is 0.176. The highest BCUT2D eigenvalue weighted by Gasteiger charge is 2.13. The Balaban J connectivity index is 1.60. The van der Waals surface area contributed by atoms with Crippen molar-refractivity contribution in [3.05, 3.63) is 56.8 Å². The minimum Gasteiger partial charge on any atom is -0.434 e. The van der Waals surface area contributed by atoms with Gasteiger partial charge in [0.2, 0.25) is 5.91 Å². The predicted octanol–water partition coefficient (Wildman–Crippen LogP) is 5.09. The minimum absolute atomic E-state index is 0.0390. The highest BCUT2D eigenvalue weighted by Crippen LogP contribution is 2.28. The smallest absolute Gasteiger partial charge is 0.387 e. The van der Waals surface area contributed by atoms with Crippen molar-refractivity contribution in [1.82, 2.24) is 10.3 Å². The maximum atomic E-state index is 12.5. The summed E-state index contributed by atoms with van der Waals surface area (Å²) >= 11 is 6.36. The van der Waals surface area contributed by atoms with Gasteiger partial charge in [-0.25, -0.2) is 4.98 Å². The summed E-state index contributed by atoms with van der Waals surface area (Å²) in [5.41, 5.74) is 1.14. The molecule has 0 bridgehead atoms. The van der Waals surface area contributed by atoms with Crippen molar-refractivity contribution in [3.63, 3.8) is 0 Å². The largest absolute Gasteiger partial charge is 0.434 e. The van der Waals surface area contributed by atoms with E-state index in [0.29, 0.717) is 15.7 Å². The molecule has 2 aromatic heterocycles.